The van der Waals surface area contributed by atoms with Gasteiger partial charge in [-0.2, -0.15) is 0 Å². The van der Waals surface area contributed by atoms with E-state index in [1.807, 2.05) is 0 Å². The highest BCUT2D eigenvalue weighted by Crippen LogP contribution is 2.04. The van der Waals surface area contributed by atoms with Crippen LogP contribution in [0, 0.1) is 0 Å². The van der Waals surface area contributed by atoms with E-state index in [1.54, 1.807) is 0 Å². The molecule has 1 aromatic rings. The average Bonchev–Trinajstić information content (AvgIpc) is 2.37. The molecule has 0 aliphatic carbocycles. The molecule has 1 rings (SSSR count). The Kier molecular flexibility index (Phi) is 1.09. The number of aromatic carboxylic acids is 1. The van der Waals surface area contributed by atoms with E-state index in [4.69, 9.17) is 17.4 Å². The van der Waals surface area contributed by atoms with Gasteiger partial charge in [0, 0.05) is 18.5 Å². The van der Waals surface area contributed by atoms with E-state index in [0.717, 1.165) is 18.3 Å². The number of hydrogen-bond donors (Lipinski definition) is 1. The van der Waals surface area contributed by atoms with Crippen LogP contribution in [0.1, 0.15) is 48.0 Å². The van der Waals surface area contributed by atoms with Crippen molar-refractivity contribution in [2.24, 2.45) is 0 Å². The smallest absolute Gasteiger partial charge is 0.354 e. The van der Waals surface area contributed by atoms with E-state index < -0.39 is 43.2 Å². The molecular weight excluding hydrogens is 166 g/mol. The first kappa shape index (κ1) is 3.08. The topological polar surface area (TPSA) is 50.2 Å². The third kappa shape index (κ3) is 2.86. The van der Waals surface area contributed by atoms with Crippen molar-refractivity contribution >= 4 is 5.97 Å². The number of pyridine rings is 1. The molecule has 0 bridgehead atoms. The van der Waals surface area contributed by atoms with Gasteiger partial charge < -0.3 is 5.11 Å². The fourth-order valence-electron chi connectivity index (χ4n) is 0.698. The van der Waals surface area contributed by atoms with Crippen LogP contribution in [-0.4, -0.2) is 16.1 Å². The fourth-order valence-corrected chi connectivity index (χ4v) is 0.698. The standard InChI is InChI=1S/C10H13NO2/c1-2-3-4-8-5-6-9(10(12)13)11-7-8/h5-7H,2-4H2,1H3,(H,12,13)/i1D3,2D2,3D2,4D2. The van der Waals surface area contributed by atoms with Crippen LogP contribution in [0.5, 0.6) is 0 Å². The Morgan fingerprint density at radius 1 is 1.77 bits per heavy atom. The third-order valence-corrected chi connectivity index (χ3v) is 1.25. The van der Waals surface area contributed by atoms with Crippen molar-refractivity contribution in [2.45, 2.75) is 26.0 Å². The number of carbonyl (C=O) groups is 1. The summed E-state index contributed by atoms with van der Waals surface area (Å²) in [5, 5.41) is 8.71. The van der Waals surface area contributed by atoms with Gasteiger partial charge in [-0.05, 0) is 24.4 Å². The van der Waals surface area contributed by atoms with Crippen LogP contribution in [-0.2, 0) is 6.37 Å². The molecule has 3 heteroatoms. The highest BCUT2D eigenvalue weighted by molar-refractivity contribution is 5.85. The van der Waals surface area contributed by atoms with E-state index >= 15 is 0 Å². The number of aryl methyl sites for hydroxylation is 1. The first-order valence-corrected chi connectivity index (χ1v) is 3.36. The quantitative estimate of drug-likeness (QED) is 0.787. The molecule has 0 saturated heterocycles. The molecule has 0 saturated carbocycles. The maximum atomic E-state index is 10.7. The monoisotopic (exact) mass is 188 g/mol. The maximum absolute atomic E-state index is 10.7. The van der Waals surface area contributed by atoms with Crippen molar-refractivity contribution in [2.75, 3.05) is 0 Å². The highest BCUT2D eigenvalue weighted by atomic mass is 16.4. The highest BCUT2D eigenvalue weighted by Gasteiger charge is 2.02. The summed E-state index contributed by atoms with van der Waals surface area (Å²) >= 11 is 0. The zero-order valence-corrected chi connectivity index (χ0v) is 6.53. The predicted molar refractivity (Wildman–Crippen MR) is 49.8 cm³/mol. The molecule has 0 aromatic carbocycles. The predicted octanol–water partition coefficient (Wildman–Crippen LogP) is 2.12. The van der Waals surface area contributed by atoms with E-state index in [9.17, 15) is 4.79 Å². The number of carboxylic acid groups (broad SMARTS) is 1. The summed E-state index contributed by atoms with van der Waals surface area (Å²) in [4.78, 5) is 14.1. The summed E-state index contributed by atoms with van der Waals surface area (Å²) < 4.78 is 67.1. The molecule has 1 N–H and O–H groups in total. The van der Waals surface area contributed by atoms with Gasteiger partial charge in [0.1, 0.15) is 5.69 Å². The van der Waals surface area contributed by atoms with Crippen molar-refractivity contribution < 1.29 is 22.2 Å². The summed E-state index contributed by atoms with van der Waals surface area (Å²) in [7, 11) is 0. The fraction of sp³-hybridized carbons (Fsp3) is 0.400. The number of nitrogens with zero attached hydrogens (tertiary/aromatic N) is 1. The van der Waals surface area contributed by atoms with E-state index in [1.165, 1.54) is 0 Å². The Morgan fingerprint density at radius 2 is 2.62 bits per heavy atom. The van der Waals surface area contributed by atoms with E-state index in [-0.39, 0.29) is 0 Å². The Morgan fingerprint density at radius 3 is 3.15 bits per heavy atom. The van der Waals surface area contributed by atoms with Gasteiger partial charge in [-0.25, -0.2) is 9.78 Å². The Balaban J connectivity index is 3.35. The van der Waals surface area contributed by atoms with Gasteiger partial charge in [-0.15, -0.1) is 0 Å². The van der Waals surface area contributed by atoms with Gasteiger partial charge in [-0.1, -0.05) is 19.3 Å². The molecule has 13 heavy (non-hydrogen) atoms. The zero-order valence-electron chi connectivity index (χ0n) is 15.5. The number of rotatable bonds is 4. The lowest BCUT2D eigenvalue weighted by atomic mass is 10.1. The van der Waals surface area contributed by atoms with Crippen molar-refractivity contribution in [3.63, 3.8) is 0 Å². The lowest BCUT2D eigenvalue weighted by molar-refractivity contribution is 0.0690. The van der Waals surface area contributed by atoms with Gasteiger partial charge in [0.2, 0.25) is 0 Å². The van der Waals surface area contributed by atoms with Crippen molar-refractivity contribution in [3.8, 4) is 0 Å². The van der Waals surface area contributed by atoms with E-state index in [0.29, 0.717) is 0 Å². The van der Waals surface area contributed by atoms with Gasteiger partial charge in [-0.3, -0.25) is 0 Å². The summed E-state index contributed by atoms with van der Waals surface area (Å²) in [5.74, 6) is -1.37. The molecule has 70 valence electrons. The minimum Gasteiger partial charge on any atom is -0.477 e. The first-order valence-electron chi connectivity index (χ1n) is 7.86. The van der Waals surface area contributed by atoms with Crippen molar-refractivity contribution in [1.82, 2.24) is 4.98 Å². The molecule has 0 unspecified atom stereocenters. The molecule has 1 heterocycles. The van der Waals surface area contributed by atoms with Crippen molar-refractivity contribution in [3.05, 3.63) is 29.6 Å². The minimum absolute atomic E-state index is 0.404. The molecule has 3 nitrogen and oxygen atoms in total. The first-order chi connectivity index (χ1) is 9.66. The molecule has 0 fully saturated rings. The molecular formula is C10H13NO2. The van der Waals surface area contributed by atoms with Gasteiger partial charge in [0.05, 0.1) is 0 Å². The van der Waals surface area contributed by atoms with Crippen LogP contribution in [0.15, 0.2) is 18.3 Å². The normalized spacial score (nSPS) is 24.5. The van der Waals surface area contributed by atoms with Crippen LogP contribution in [0.4, 0.5) is 0 Å². The van der Waals surface area contributed by atoms with Gasteiger partial charge in [0.25, 0.3) is 0 Å². The van der Waals surface area contributed by atoms with Crippen LogP contribution < -0.4 is 0 Å². The Labute approximate surface area is 90.1 Å². The van der Waals surface area contributed by atoms with Crippen LogP contribution in [0.3, 0.4) is 0 Å². The Hall–Kier alpha value is -1.38. The van der Waals surface area contributed by atoms with Gasteiger partial charge >= 0.3 is 5.97 Å². The average molecular weight is 188 g/mol. The van der Waals surface area contributed by atoms with Crippen LogP contribution in [0.25, 0.3) is 0 Å². The molecule has 0 amide bonds. The molecule has 0 radical (unpaired) electrons. The number of hydrogen-bond acceptors (Lipinski definition) is 2. The SMILES string of the molecule is [2H]C([2H])([2H])C([2H])([2H])C([2H])([2H])C([2H])([2H])c1ccc(C(=O)O)nc1. The van der Waals surface area contributed by atoms with Crippen LogP contribution >= 0.6 is 0 Å². The number of carboxylic acids is 1. The second-order valence-corrected chi connectivity index (χ2v) is 2.11. The Bertz CT molecular complexity index is 565. The third-order valence-electron chi connectivity index (χ3n) is 1.25. The number of aromatic nitrogens is 1. The maximum Gasteiger partial charge on any atom is 0.354 e. The molecule has 0 spiro atoms. The largest absolute Gasteiger partial charge is 0.477 e. The molecule has 0 atom stereocenters. The summed E-state index contributed by atoms with van der Waals surface area (Å²) in [6.07, 6.45) is -9.20. The summed E-state index contributed by atoms with van der Waals surface area (Å²) in [6.45, 7) is -3.39. The van der Waals surface area contributed by atoms with Crippen LogP contribution in [0.2, 0.25) is 0 Å². The zero-order chi connectivity index (χ0) is 17.6. The lowest BCUT2D eigenvalue weighted by Gasteiger charge is -1.98. The van der Waals surface area contributed by atoms with E-state index in [2.05, 4.69) is 4.98 Å². The minimum atomic E-state index is -3.48. The van der Waals surface area contributed by atoms with Gasteiger partial charge in [0.15, 0.2) is 0 Å². The molecule has 0 aliphatic heterocycles. The molecule has 0 aliphatic rings. The second-order valence-electron chi connectivity index (χ2n) is 2.11. The summed E-state index contributed by atoms with van der Waals surface area (Å²) in [6, 6.07) is 1.86. The second kappa shape index (κ2) is 4.60. The van der Waals surface area contributed by atoms with Crippen molar-refractivity contribution in [1.29, 1.82) is 0 Å². The summed E-state index contributed by atoms with van der Waals surface area (Å²) in [5.41, 5.74) is -0.866. The molecule has 1 aromatic heterocycles. The lowest BCUT2D eigenvalue weighted by Crippen LogP contribution is -2.00.